The maximum absolute atomic E-state index is 11.6. The standard InChI is InChI=1S/C14H19N3O2/c1-3-15-9-13(18)16-8-10-4-5-12-11(6-10)7-14(19)17(12)2/h4-6,15H,3,7-9H2,1-2H3,(H,16,18). The molecule has 1 aromatic carbocycles. The summed E-state index contributed by atoms with van der Waals surface area (Å²) in [5, 5.41) is 5.82. The molecule has 5 nitrogen and oxygen atoms in total. The normalized spacial score (nSPS) is 13.6. The molecule has 19 heavy (non-hydrogen) atoms. The number of nitrogens with zero attached hydrogens (tertiary/aromatic N) is 1. The molecule has 2 amide bonds. The van der Waals surface area contributed by atoms with E-state index in [4.69, 9.17) is 0 Å². The molecule has 1 aliphatic rings. The number of anilines is 1. The molecule has 0 aliphatic carbocycles. The number of hydrogen-bond acceptors (Lipinski definition) is 3. The first-order valence-electron chi connectivity index (χ1n) is 6.47. The monoisotopic (exact) mass is 261 g/mol. The molecule has 0 aromatic heterocycles. The molecule has 1 heterocycles. The molecule has 0 saturated heterocycles. The van der Waals surface area contributed by atoms with Crippen molar-refractivity contribution in [3.8, 4) is 0 Å². The summed E-state index contributed by atoms with van der Waals surface area (Å²) in [6.45, 7) is 3.57. The van der Waals surface area contributed by atoms with E-state index in [1.807, 2.05) is 25.1 Å². The molecule has 0 radical (unpaired) electrons. The summed E-state index contributed by atoms with van der Waals surface area (Å²) >= 11 is 0. The number of carbonyl (C=O) groups excluding carboxylic acids is 2. The predicted molar refractivity (Wildman–Crippen MR) is 73.9 cm³/mol. The first-order valence-corrected chi connectivity index (χ1v) is 6.47. The molecule has 0 bridgehead atoms. The van der Waals surface area contributed by atoms with Gasteiger partial charge in [0.1, 0.15) is 0 Å². The topological polar surface area (TPSA) is 61.4 Å². The van der Waals surface area contributed by atoms with E-state index >= 15 is 0 Å². The Morgan fingerprint density at radius 1 is 1.42 bits per heavy atom. The zero-order chi connectivity index (χ0) is 13.8. The Morgan fingerprint density at radius 3 is 2.95 bits per heavy atom. The fourth-order valence-electron chi connectivity index (χ4n) is 2.14. The van der Waals surface area contributed by atoms with Gasteiger partial charge in [0.2, 0.25) is 11.8 Å². The average Bonchev–Trinajstić information content (AvgIpc) is 2.69. The van der Waals surface area contributed by atoms with E-state index in [1.165, 1.54) is 0 Å². The summed E-state index contributed by atoms with van der Waals surface area (Å²) in [6, 6.07) is 5.87. The third-order valence-electron chi connectivity index (χ3n) is 3.25. The van der Waals surface area contributed by atoms with Crippen LogP contribution >= 0.6 is 0 Å². The lowest BCUT2D eigenvalue weighted by Crippen LogP contribution is -2.33. The van der Waals surface area contributed by atoms with Gasteiger partial charge >= 0.3 is 0 Å². The number of likely N-dealkylation sites (N-methyl/N-ethyl adjacent to an activating group) is 2. The Hall–Kier alpha value is -1.88. The number of rotatable bonds is 5. The second kappa shape index (κ2) is 5.84. The van der Waals surface area contributed by atoms with Crippen molar-refractivity contribution < 1.29 is 9.59 Å². The minimum absolute atomic E-state index is 0.0180. The highest BCUT2D eigenvalue weighted by Gasteiger charge is 2.23. The maximum Gasteiger partial charge on any atom is 0.234 e. The van der Waals surface area contributed by atoms with Crippen LogP contribution in [0.2, 0.25) is 0 Å². The first-order chi connectivity index (χ1) is 9.11. The quantitative estimate of drug-likeness (QED) is 0.808. The van der Waals surface area contributed by atoms with E-state index in [0.29, 0.717) is 19.5 Å². The molecule has 5 heteroatoms. The molecule has 1 aliphatic heterocycles. The molecule has 2 N–H and O–H groups in total. The molecular weight excluding hydrogens is 242 g/mol. The third-order valence-corrected chi connectivity index (χ3v) is 3.25. The fourth-order valence-corrected chi connectivity index (χ4v) is 2.14. The van der Waals surface area contributed by atoms with Gasteiger partial charge in [-0.3, -0.25) is 9.59 Å². The van der Waals surface area contributed by atoms with Crippen LogP contribution in [-0.4, -0.2) is 32.0 Å². The number of carbonyl (C=O) groups is 2. The van der Waals surface area contributed by atoms with E-state index < -0.39 is 0 Å². The molecule has 102 valence electrons. The Kier molecular flexibility index (Phi) is 4.16. The van der Waals surface area contributed by atoms with Crippen LogP contribution in [0, 0.1) is 0 Å². The number of nitrogens with one attached hydrogen (secondary N) is 2. The van der Waals surface area contributed by atoms with Crippen molar-refractivity contribution >= 4 is 17.5 Å². The van der Waals surface area contributed by atoms with Crippen LogP contribution in [0.5, 0.6) is 0 Å². The summed E-state index contributed by atoms with van der Waals surface area (Å²) in [5.41, 5.74) is 3.02. The molecule has 2 rings (SSSR count). The highest BCUT2D eigenvalue weighted by atomic mass is 16.2. The van der Waals surface area contributed by atoms with E-state index in [0.717, 1.165) is 23.4 Å². The third kappa shape index (κ3) is 3.12. The van der Waals surface area contributed by atoms with E-state index in [2.05, 4.69) is 10.6 Å². The van der Waals surface area contributed by atoms with Gasteiger partial charge in [-0.05, 0) is 23.7 Å². The lowest BCUT2D eigenvalue weighted by atomic mass is 10.1. The fraction of sp³-hybridized carbons (Fsp3) is 0.429. The number of amides is 2. The minimum atomic E-state index is -0.0180. The average molecular weight is 261 g/mol. The smallest absolute Gasteiger partial charge is 0.234 e. The summed E-state index contributed by atoms with van der Waals surface area (Å²) < 4.78 is 0. The van der Waals surface area contributed by atoms with Crippen LogP contribution in [0.4, 0.5) is 5.69 Å². The van der Waals surface area contributed by atoms with Gasteiger partial charge in [-0.1, -0.05) is 19.1 Å². The van der Waals surface area contributed by atoms with Crippen LogP contribution in [0.15, 0.2) is 18.2 Å². The summed E-state index contributed by atoms with van der Waals surface area (Å²) in [7, 11) is 1.78. The Bertz CT molecular complexity index is 499. The van der Waals surface area contributed by atoms with Gasteiger partial charge in [-0.25, -0.2) is 0 Å². The molecule has 0 fully saturated rings. The zero-order valence-corrected chi connectivity index (χ0v) is 11.3. The number of fused-ring (bicyclic) bond motifs is 1. The molecule has 0 spiro atoms. The summed E-state index contributed by atoms with van der Waals surface area (Å²) in [5.74, 6) is 0.0962. The van der Waals surface area contributed by atoms with Gasteiger partial charge in [0.15, 0.2) is 0 Å². The van der Waals surface area contributed by atoms with Crippen molar-refractivity contribution in [3.63, 3.8) is 0 Å². The van der Waals surface area contributed by atoms with E-state index in [1.54, 1.807) is 11.9 Å². The van der Waals surface area contributed by atoms with Crippen molar-refractivity contribution in [2.45, 2.75) is 19.9 Å². The lowest BCUT2D eigenvalue weighted by Gasteiger charge is -2.11. The van der Waals surface area contributed by atoms with E-state index in [9.17, 15) is 9.59 Å². The lowest BCUT2D eigenvalue weighted by molar-refractivity contribution is -0.120. The highest BCUT2D eigenvalue weighted by molar-refractivity contribution is 6.00. The van der Waals surface area contributed by atoms with Crippen LogP contribution in [0.3, 0.4) is 0 Å². The minimum Gasteiger partial charge on any atom is -0.351 e. The van der Waals surface area contributed by atoms with Crippen molar-refractivity contribution in [2.24, 2.45) is 0 Å². The predicted octanol–water partition coefficient (Wildman–Crippen LogP) is 0.431. The maximum atomic E-state index is 11.6. The van der Waals surface area contributed by atoms with Crippen molar-refractivity contribution in [2.75, 3.05) is 25.0 Å². The first kappa shape index (κ1) is 13.5. The number of benzene rings is 1. The van der Waals surface area contributed by atoms with Crippen LogP contribution in [-0.2, 0) is 22.6 Å². The molecule has 0 atom stereocenters. The van der Waals surface area contributed by atoms with Gasteiger partial charge < -0.3 is 15.5 Å². The second-order valence-electron chi connectivity index (χ2n) is 4.65. The van der Waals surface area contributed by atoms with Gasteiger partial charge in [0.25, 0.3) is 0 Å². The molecule has 1 aromatic rings. The van der Waals surface area contributed by atoms with Gasteiger partial charge in [-0.15, -0.1) is 0 Å². The van der Waals surface area contributed by atoms with Crippen LogP contribution in [0.1, 0.15) is 18.1 Å². The van der Waals surface area contributed by atoms with Gasteiger partial charge in [0, 0.05) is 19.3 Å². The molecule has 0 saturated carbocycles. The van der Waals surface area contributed by atoms with Crippen molar-refractivity contribution in [1.29, 1.82) is 0 Å². The summed E-state index contributed by atoms with van der Waals surface area (Å²) in [6.07, 6.45) is 0.449. The zero-order valence-electron chi connectivity index (χ0n) is 11.3. The van der Waals surface area contributed by atoms with E-state index in [-0.39, 0.29) is 11.8 Å². The van der Waals surface area contributed by atoms with Crippen LogP contribution < -0.4 is 15.5 Å². The Morgan fingerprint density at radius 2 is 2.21 bits per heavy atom. The molecule has 0 unspecified atom stereocenters. The largest absolute Gasteiger partial charge is 0.351 e. The number of hydrogen-bond donors (Lipinski definition) is 2. The Balaban J connectivity index is 1.95. The van der Waals surface area contributed by atoms with Gasteiger partial charge in [0.05, 0.1) is 13.0 Å². The summed E-state index contributed by atoms with van der Waals surface area (Å²) in [4.78, 5) is 24.7. The second-order valence-corrected chi connectivity index (χ2v) is 4.65. The SMILES string of the molecule is CCNCC(=O)NCc1ccc2c(c1)CC(=O)N2C. The van der Waals surface area contributed by atoms with Gasteiger partial charge in [-0.2, -0.15) is 0 Å². The van der Waals surface area contributed by atoms with Crippen molar-refractivity contribution in [1.82, 2.24) is 10.6 Å². The molecular formula is C14H19N3O2. The van der Waals surface area contributed by atoms with Crippen molar-refractivity contribution in [3.05, 3.63) is 29.3 Å². The van der Waals surface area contributed by atoms with Crippen LogP contribution in [0.25, 0.3) is 0 Å². The highest BCUT2D eigenvalue weighted by Crippen LogP contribution is 2.28. The Labute approximate surface area is 113 Å².